The third-order valence-electron chi connectivity index (χ3n) is 2.19. The minimum absolute atomic E-state index is 0.435. The van der Waals surface area contributed by atoms with Gasteiger partial charge in [-0.2, -0.15) is 0 Å². The van der Waals surface area contributed by atoms with Gasteiger partial charge in [0.2, 0.25) is 0 Å². The van der Waals surface area contributed by atoms with Gasteiger partial charge in [-0.15, -0.1) is 0 Å². The van der Waals surface area contributed by atoms with Crippen LogP contribution in [-0.2, 0) is 4.43 Å². The highest BCUT2D eigenvalue weighted by Gasteiger charge is 2.27. The first kappa shape index (κ1) is 13.3. The summed E-state index contributed by atoms with van der Waals surface area (Å²) >= 11 is 2.27. The predicted octanol–water partition coefficient (Wildman–Crippen LogP) is 3.90. The molecular formula is C12H16INO2. The summed E-state index contributed by atoms with van der Waals surface area (Å²) in [5.41, 5.74) is 1.43. The molecule has 3 nitrogen and oxygen atoms in total. The maximum absolute atomic E-state index is 11.3. The number of nitrogens with zero attached hydrogens (tertiary/aromatic N) is 1. The summed E-state index contributed by atoms with van der Waals surface area (Å²) < 4.78 is 0.878. The molecule has 16 heavy (non-hydrogen) atoms. The molecule has 0 fully saturated rings. The van der Waals surface area contributed by atoms with E-state index >= 15 is 0 Å². The van der Waals surface area contributed by atoms with E-state index in [4.69, 9.17) is 0 Å². The largest absolute Gasteiger partial charge is 0.465 e. The van der Waals surface area contributed by atoms with Gasteiger partial charge in [-0.1, -0.05) is 34.7 Å². The third kappa shape index (κ3) is 3.10. The Morgan fingerprint density at radius 2 is 2.06 bits per heavy atom. The fourth-order valence-electron chi connectivity index (χ4n) is 1.56. The van der Waals surface area contributed by atoms with Crippen molar-refractivity contribution in [3.8, 4) is 0 Å². The highest BCUT2D eigenvalue weighted by Crippen LogP contribution is 2.25. The minimum Gasteiger partial charge on any atom is -0.465 e. The van der Waals surface area contributed by atoms with E-state index in [9.17, 15) is 9.90 Å². The summed E-state index contributed by atoms with van der Waals surface area (Å²) in [4.78, 5) is 12.7. The fraction of sp³-hybridized carbons (Fsp3) is 0.417. The summed E-state index contributed by atoms with van der Waals surface area (Å²) in [5.74, 6) is 0. The Labute approximate surface area is 110 Å². The fourth-order valence-corrected chi connectivity index (χ4v) is 2.04. The van der Waals surface area contributed by atoms with Crippen LogP contribution in [0.25, 0.3) is 0 Å². The molecule has 0 atom stereocenters. The molecule has 0 aliphatic heterocycles. The number of anilines is 1. The summed E-state index contributed by atoms with van der Waals surface area (Å²) in [6.45, 7) is 5.66. The number of hydrogen-bond donors (Lipinski definition) is 1. The van der Waals surface area contributed by atoms with E-state index in [1.54, 1.807) is 0 Å². The highest BCUT2D eigenvalue weighted by molar-refractivity contribution is 14.1. The first-order valence-corrected chi connectivity index (χ1v) is 6.57. The van der Waals surface area contributed by atoms with Crippen LogP contribution in [0.1, 0.15) is 26.3 Å². The molecule has 0 saturated carbocycles. The van der Waals surface area contributed by atoms with Gasteiger partial charge in [-0.3, -0.25) is 4.90 Å². The lowest BCUT2D eigenvalue weighted by molar-refractivity contribution is 0.195. The van der Waals surface area contributed by atoms with Crippen molar-refractivity contribution in [3.63, 3.8) is 0 Å². The second-order valence-electron chi connectivity index (χ2n) is 4.59. The average Bonchev–Trinajstić information content (AvgIpc) is 2.15. The molecule has 0 radical (unpaired) electrons. The van der Waals surface area contributed by atoms with Crippen LogP contribution in [0.4, 0.5) is 10.5 Å². The van der Waals surface area contributed by atoms with Gasteiger partial charge < -0.3 is 5.11 Å². The van der Waals surface area contributed by atoms with E-state index in [-0.39, 0.29) is 0 Å². The molecule has 0 heterocycles. The molecule has 4 heteroatoms. The van der Waals surface area contributed by atoms with Crippen molar-refractivity contribution in [2.75, 3.05) is 4.90 Å². The number of carboxylic acid groups (broad SMARTS) is 1. The average molecular weight is 333 g/mol. The van der Waals surface area contributed by atoms with Gasteiger partial charge in [-0.25, -0.2) is 4.79 Å². The van der Waals surface area contributed by atoms with Crippen molar-refractivity contribution in [3.05, 3.63) is 29.8 Å². The number of hydrogen-bond acceptors (Lipinski definition) is 1. The van der Waals surface area contributed by atoms with E-state index in [0.717, 1.165) is 15.7 Å². The zero-order valence-corrected chi connectivity index (χ0v) is 11.9. The van der Waals surface area contributed by atoms with Crippen molar-refractivity contribution in [1.82, 2.24) is 0 Å². The van der Waals surface area contributed by atoms with Crippen LogP contribution < -0.4 is 4.90 Å². The zero-order chi connectivity index (χ0) is 12.3. The van der Waals surface area contributed by atoms with E-state index in [1.165, 1.54) is 4.90 Å². The Morgan fingerprint density at radius 3 is 2.50 bits per heavy atom. The third-order valence-corrected chi connectivity index (χ3v) is 3.07. The summed E-state index contributed by atoms with van der Waals surface area (Å²) in [7, 11) is 0. The molecule has 0 saturated heterocycles. The first-order chi connectivity index (χ1) is 7.36. The lowest BCUT2D eigenvalue weighted by atomic mass is 10.0. The molecule has 1 N–H and O–H groups in total. The van der Waals surface area contributed by atoms with Gasteiger partial charge in [0.05, 0.1) is 0 Å². The standard InChI is InChI=1S/C12H16INO2/c1-12(2,3)14(11(15)16)10-6-4-5-9(7-10)8-13/h4-7H,8H2,1-3H3,(H,15,16). The quantitative estimate of drug-likeness (QED) is 0.659. The van der Waals surface area contributed by atoms with E-state index in [0.29, 0.717) is 0 Å². The molecular weight excluding hydrogens is 317 g/mol. The van der Waals surface area contributed by atoms with Gasteiger partial charge in [0.25, 0.3) is 0 Å². The van der Waals surface area contributed by atoms with E-state index < -0.39 is 11.6 Å². The number of amides is 1. The van der Waals surface area contributed by atoms with Crippen LogP contribution >= 0.6 is 22.6 Å². The molecule has 0 unspecified atom stereocenters. The normalized spacial score (nSPS) is 11.2. The number of benzene rings is 1. The molecule has 0 aromatic heterocycles. The van der Waals surface area contributed by atoms with Crippen molar-refractivity contribution in [2.45, 2.75) is 30.7 Å². The molecule has 0 aliphatic carbocycles. The van der Waals surface area contributed by atoms with Gasteiger partial charge in [-0.05, 0) is 38.5 Å². The van der Waals surface area contributed by atoms with E-state index in [1.807, 2.05) is 45.0 Å². The van der Waals surface area contributed by atoms with Crippen LogP contribution in [-0.4, -0.2) is 16.7 Å². The Balaban J connectivity index is 3.16. The van der Waals surface area contributed by atoms with Gasteiger partial charge in [0, 0.05) is 15.7 Å². The lowest BCUT2D eigenvalue weighted by Gasteiger charge is -2.33. The maximum atomic E-state index is 11.3. The lowest BCUT2D eigenvalue weighted by Crippen LogP contribution is -2.45. The van der Waals surface area contributed by atoms with E-state index in [2.05, 4.69) is 22.6 Å². The second kappa shape index (κ2) is 5.03. The Hall–Kier alpha value is -0.780. The smallest absolute Gasteiger partial charge is 0.412 e. The molecule has 0 spiro atoms. The zero-order valence-electron chi connectivity index (χ0n) is 9.70. The van der Waals surface area contributed by atoms with Crippen molar-refractivity contribution in [2.24, 2.45) is 0 Å². The van der Waals surface area contributed by atoms with Crippen LogP contribution in [0.3, 0.4) is 0 Å². The summed E-state index contributed by atoms with van der Waals surface area (Å²) in [6.07, 6.45) is -0.918. The van der Waals surface area contributed by atoms with Crippen LogP contribution in [0.15, 0.2) is 24.3 Å². The molecule has 1 aromatic carbocycles. The number of halogens is 1. The van der Waals surface area contributed by atoms with Gasteiger partial charge >= 0.3 is 6.09 Å². The molecule has 0 aliphatic rings. The number of rotatable bonds is 2. The minimum atomic E-state index is -0.918. The molecule has 1 aromatic rings. The second-order valence-corrected chi connectivity index (χ2v) is 5.36. The Morgan fingerprint density at radius 1 is 1.44 bits per heavy atom. The van der Waals surface area contributed by atoms with Crippen molar-refractivity contribution in [1.29, 1.82) is 0 Å². The van der Waals surface area contributed by atoms with Crippen LogP contribution in [0.5, 0.6) is 0 Å². The van der Waals surface area contributed by atoms with Crippen LogP contribution in [0, 0.1) is 0 Å². The molecule has 1 rings (SSSR count). The number of alkyl halides is 1. The molecule has 88 valence electrons. The van der Waals surface area contributed by atoms with Gasteiger partial charge in [0.15, 0.2) is 0 Å². The first-order valence-electron chi connectivity index (χ1n) is 5.04. The van der Waals surface area contributed by atoms with Crippen molar-refractivity contribution >= 4 is 34.4 Å². The Bertz CT molecular complexity index is 385. The van der Waals surface area contributed by atoms with Crippen LogP contribution in [0.2, 0.25) is 0 Å². The predicted molar refractivity (Wildman–Crippen MR) is 74.4 cm³/mol. The molecule has 1 amide bonds. The highest BCUT2D eigenvalue weighted by atomic mass is 127. The topological polar surface area (TPSA) is 40.5 Å². The SMILES string of the molecule is CC(C)(C)N(C(=O)O)c1cccc(CI)c1. The Kier molecular flexibility index (Phi) is 4.18. The monoisotopic (exact) mass is 333 g/mol. The summed E-state index contributed by atoms with van der Waals surface area (Å²) in [6, 6.07) is 7.64. The number of carbonyl (C=O) groups is 1. The van der Waals surface area contributed by atoms with Gasteiger partial charge in [0.1, 0.15) is 0 Å². The maximum Gasteiger partial charge on any atom is 0.412 e. The molecule has 0 bridgehead atoms. The summed E-state index contributed by atoms with van der Waals surface area (Å²) in [5, 5.41) is 9.25. The van der Waals surface area contributed by atoms with Crippen molar-refractivity contribution < 1.29 is 9.90 Å².